The molecule has 118 valence electrons. The predicted molar refractivity (Wildman–Crippen MR) is 82.7 cm³/mol. The van der Waals surface area contributed by atoms with Crippen molar-refractivity contribution in [2.24, 2.45) is 0 Å². The van der Waals surface area contributed by atoms with Crippen LogP contribution in [0.2, 0.25) is 0 Å². The van der Waals surface area contributed by atoms with E-state index in [-0.39, 0.29) is 23.3 Å². The van der Waals surface area contributed by atoms with Gasteiger partial charge < -0.3 is 14.3 Å². The van der Waals surface area contributed by atoms with Crippen molar-refractivity contribution in [2.75, 3.05) is 0 Å². The van der Waals surface area contributed by atoms with Gasteiger partial charge in [-0.25, -0.2) is 9.37 Å². The van der Waals surface area contributed by atoms with Crippen molar-refractivity contribution in [3.8, 4) is 0 Å². The number of amides is 1. The third-order valence-corrected chi connectivity index (χ3v) is 4.39. The first kappa shape index (κ1) is 14.0. The lowest BCUT2D eigenvalue weighted by Crippen LogP contribution is -2.40. The molecule has 0 radical (unpaired) electrons. The van der Waals surface area contributed by atoms with Crippen molar-refractivity contribution < 1.29 is 13.6 Å². The molecule has 0 spiro atoms. The van der Waals surface area contributed by atoms with Crippen molar-refractivity contribution in [2.45, 2.75) is 32.4 Å². The number of nitrogens with one attached hydrogen (secondary N) is 1. The minimum Gasteiger partial charge on any atom is -0.448 e. The van der Waals surface area contributed by atoms with Crippen LogP contribution < -0.4 is 5.32 Å². The van der Waals surface area contributed by atoms with E-state index in [1.165, 1.54) is 6.07 Å². The number of para-hydroxylation sites is 1. The number of furan rings is 1. The van der Waals surface area contributed by atoms with Crippen molar-refractivity contribution in [3.63, 3.8) is 0 Å². The Kier molecular flexibility index (Phi) is 3.18. The maximum atomic E-state index is 13.8. The molecule has 0 unspecified atom stereocenters. The fraction of sp³-hybridized carbons (Fsp3) is 0.294. The molecule has 1 N–H and O–H groups in total. The third-order valence-electron chi connectivity index (χ3n) is 4.39. The molecule has 1 aliphatic heterocycles. The highest BCUT2D eigenvalue weighted by molar-refractivity contribution is 5.99. The highest BCUT2D eigenvalue weighted by atomic mass is 19.1. The second kappa shape index (κ2) is 5.22. The second-order valence-electron chi connectivity index (χ2n) is 5.88. The van der Waals surface area contributed by atoms with Crippen LogP contribution in [-0.2, 0) is 13.0 Å². The molecule has 1 atom stereocenters. The molecule has 23 heavy (non-hydrogen) atoms. The summed E-state index contributed by atoms with van der Waals surface area (Å²) in [5.41, 5.74) is 0.798. The highest BCUT2D eigenvalue weighted by Crippen LogP contribution is 2.27. The Morgan fingerprint density at radius 3 is 3.17 bits per heavy atom. The van der Waals surface area contributed by atoms with E-state index in [1.807, 2.05) is 10.8 Å². The minimum atomic E-state index is -0.453. The number of aromatic nitrogens is 2. The van der Waals surface area contributed by atoms with Crippen molar-refractivity contribution in [3.05, 3.63) is 53.6 Å². The molecule has 2 aromatic heterocycles. The topological polar surface area (TPSA) is 60.1 Å². The van der Waals surface area contributed by atoms with Gasteiger partial charge in [0.25, 0.3) is 5.91 Å². The van der Waals surface area contributed by atoms with Gasteiger partial charge in [0, 0.05) is 42.4 Å². The molecule has 0 saturated heterocycles. The zero-order chi connectivity index (χ0) is 16.0. The number of nitrogens with zero attached hydrogens (tertiary/aromatic N) is 2. The SMILES string of the molecule is Cc1c(C(=O)N[C@@H]2CCc3nccn3C2)oc2c(F)cccc12. The number of hydrogen-bond acceptors (Lipinski definition) is 3. The summed E-state index contributed by atoms with van der Waals surface area (Å²) in [4.78, 5) is 16.8. The summed E-state index contributed by atoms with van der Waals surface area (Å²) in [7, 11) is 0. The van der Waals surface area contributed by atoms with Crippen LogP contribution in [0.1, 0.15) is 28.4 Å². The van der Waals surface area contributed by atoms with E-state index in [0.717, 1.165) is 18.7 Å². The maximum Gasteiger partial charge on any atom is 0.287 e. The van der Waals surface area contributed by atoms with Gasteiger partial charge in [-0.15, -0.1) is 0 Å². The van der Waals surface area contributed by atoms with Crippen molar-refractivity contribution in [1.82, 2.24) is 14.9 Å². The number of carbonyl (C=O) groups is 1. The Morgan fingerprint density at radius 1 is 1.48 bits per heavy atom. The summed E-state index contributed by atoms with van der Waals surface area (Å²) in [6, 6.07) is 4.71. The predicted octanol–water partition coefficient (Wildman–Crippen LogP) is 2.82. The average Bonchev–Trinajstić information content (AvgIpc) is 3.13. The van der Waals surface area contributed by atoms with Crippen molar-refractivity contribution in [1.29, 1.82) is 0 Å². The smallest absolute Gasteiger partial charge is 0.287 e. The second-order valence-corrected chi connectivity index (χ2v) is 5.88. The molecule has 0 saturated carbocycles. The number of fused-ring (bicyclic) bond motifs is 2. The molecule has 1 aromatic carbocycles. The Bertz CT molecular complexity index is 897. The lowest BCUT2D eigenvalue weighted by atomic mass is 10.1. The Morgan fingerprint density at radius 2 is 2.35 bits per heavy atom. The lowest BCUT2D eigenvalue weighted by molar-refractivity contribution is 0.0900. The van der Waals surface area contributed by atoms with Crippen LogP contribution in [0, 0.1) is 12.7 Å². The molecule has 1 amide bonds. The number of carbonyl (C=O) groups excluding carboxylic acids is 1. The molecule has 6 heteroatoms. The molecular formula is C17H16FN3O2. The Hall–Kier alpha value is -2.63. The molecule has 3 aromatic rings. The first-order valence-electron chi connectivity index (χ1n) is 7.62. The van der Waals surface area contributed by atoms with Gasteiger partial charge in [-0.2, -0.15) is 0 Å². The number of halogens is 1. The zero-order valence-corrected chi connectivity index (χ0v) is 12.7. The molecule has 4 rings (SSSR count). The van der Waals surface area contributed by atoms with E-state index in [9.17, 15) is 9.18 Å². The third kappa shape index (κ3) is 2.30. The van der Waals surface area contributed by atoms with E-state index in [2.05, 4.69) is 10.3 Å². The standard InChI is InChI=1S/C17H16FN3O2/c1-10-12-3-2-4-13(18)16(12)23-15(10)17(22)20-11-5-6-14-19-7-8-21(14)9-11/h2-4,7-8,11H,5-6,9H2,1H3,(H,20,22)/t11-/m1/s1. The molecule has 0 aliphatic carbocycles. The van der Waals surface area contributed by atoms with E-state index in [1.54, 1.807) is 25.3 Å². The summed E-state index contributed by atoms with van der Waals surface area (Å²) < 4.78 is 21.3. The molecule has 0 fully saturated rings. The van der Waals surface area contributed by atoms with Crippen LogP contribution in [0.15, 0.2) is 35.0 Å². The largest absolute Gasteiger partial charge is 0.448 e. The van der Waals surface area contributed by atoms with Gasteiger partial charge in [-0.1, -0.05) is 12.1 Å². The summed E-state index contributed by atoms with van der Waals surface area (Å²) >= 11 is 0. The molecule has 3 heterocycles. The van der Waals surface area contributed by atoms with Gasteiger partial charge in [-0.3, -0.25) is 4.79 Å². The van der Waals surface area contributed by atoms with Crippen LogP contribution in [-0.4, -0.2) is 21.5 Å². The number of rotatable bonds is 2. The summed E-state index contributed by atoms with van der Waals surface area (Å²) in [5.74, 6) is 0.469. The van der Waals surface area contributed by atoms with Gasteiger partial charge in [0.2, 0.25) is 0 Å². The van der Waals surface area contributed by atoms with Gasteiger partial charge in [-0.05, 0) is 19.4 Å². The van der Waals surface area contributed by atoms with Gasteiger partial charge in [0.1, 0.15) is 5.82 Å². The van der Waals surface area contributed by atoms with Gasteiger partial charge >= 0.3 is 0 Å². The van der Waals surface area contributed by atoms with Crippen LogP contribution >= 0.6 is 0 Å². The van der Waals surface area contributed by atoms with E-state index < -0.39 is 5.82 Å². The number of benzene rings is 1. The molecule has 0 bridgehead atoms. The Balaban J connectivity index is 1.58. The van der Waals surface area contributed by atoms with Crippen LogP contribution in [0.25, 0.3) is 11.0 Å². The number of imidazole rings is 1. The Labute approximate surface area is 132 Å². The zero-order valence-electron chi connectivity index (χ0n) is 12.7. The lowest BCUT2D eigenvalue weighted by Gasteiger charge is -2.24. The summed E-state index contributed by atoms with van der Waals surface area (Å²) in [6.07, 6.45) is 5.34. The van der Waals surface area contributed by atoms with Crippen molar-refractivity contribution >= 4 is 16.9 Å². The van der Waals surface area contributed by atoms with Crippen LogP contribution in [0.3, 0.4) is 0 Å². The quantitative estimate of drug-likeness (QED) is 0.791. The first-order chi connectivity index (χ1) is 11.1. The molecule has 1 aliphatic rings. The average molecular weight is 313 g/mol. The monoisotopic (exact) mass is 313 g/mol. The molecular weight excluding hydrogens is 297 g/mol. The number of aryl methyl sites for hydroxylation is 2. The fourth-order valence-corrected chi connectivity index (χ4v) is 3.16. The highest BCUT2D eigenvalue weighted by Gasteiger charge is 2.24. The van der Waals surface area contributed by atoms with E-state index >= 15 is 0 Å². The minimum absolute atomic E-state index is 0.0154. The van der Waals surface area contributed by atoms with E-state index in [0.29, 0.717) is 17.5 Å². The summed E-state index contributed by atoms with van der Waals surface area (Å²) in [6.45, 7) is 2.46. The van der Waals surface area contributed by atoms with Gasteiger partial charge in [0.15, 0.2) is 17.2 Å². The summed E-state index contributed by atoms with van der Waals surface area (Å²) in [5, 5.41) is 3.62. The maximum absolute atomic E-state index is 13.8. The fourth-order valence-electron chi connectivity index (χ4n) is 3.16. The van der Waals surface area contributed by atoms with Crippen LogP contribution in [0.5, 0.6) is 0 Å². The van der Waals surface area contributed by atoms with Crippen LogP contribution in [0.4, 0.5) is 4.39 Å². The normalized spacial score (nSPS) is 17.2. The first-order valence-corrected chi connectivity index (χ1v) is 7.62. The van der Waals surface area contributed by atoms with Gasteiger partial charge in [0.05, 0.1) is 0 Å². The molecule has 5 nitrogen and oxygen atoms in total. The van der Waals surface area contributed by atoms with E-state index in [4.69, 9.17) is 4.42 Å². The number of hydrogen-bond donors (Lipinski definition) is 1.